The van der Waals surface area contributed by atoms with Crippen LogP contribution in [0.2, 0.25) is 0 Å². The van der Waals surface area contributed by atoms with Crippen molar-refractivity contribution in [2.75, 3.05) is 6.54 Å². The number of phenolic OH excluding ortho intramolecular Hbond substituents is 1. The second-order valence-corrected chi connectivity index (χ2v) is 6.31. The molecule has 0 spiro atoms. The Morgan fingerprint density at radius 3 is 2.69 bits per heavy atom. The highest BCUT2D eigenvalue weighted by molar-refractivity contribution is 5.39. The summed E-state index contributed by atoms with van der Waals surface area (Å²) in [6.45, 7) is 1.16. The van der Waals surface area contributed by atoms with E-state index in [0.29, 0.717) is 5.56 Å². The maximum Gasteiger partial charge on any atom is 0.573 e. The van der Waals surface area contributed by atoms with E-state index in [4.69, 9.17) is 0 Å². The van der Waals surface area contributed by atoms with E-state index in [-0.39, 0.29) is 31.6 Å². The lowest BCUT2D eigenvalue weighted by Crippen LogP contribution is -2.45. The number of ether oxygens (including phenoxy) is 1. The summed E-state index contributed by atoms with van der Waals surface area (Å²) < 4.78 is 41.1. The van der Waals surface area contributed by atoms with Gasteiger partial charge in [0.1, 0.15) is 11.5 Å². The van der Waals surface area contributed by atoms with Crippen LogP contribution in [-0.2, 0) is 6.54 Å². The molecule has 0 saturated carbocycles. The van der Waals surface area contributed by atoms with Crippen LogP contribution in [0, 0.1) is 0 Å². The third-order valence-corrected chi connectivity index (χ3v) is 4.46. The zero-order chi connectivity index (χ0) is 18.6. The molecule has 1 saturated heterocycles. The number of nitrogens with one attached hydrogen (secondary N) is 2. The van der Waals surface area contributed by atoms with Crippen molar-refractivity contribution in [3.8, 4) is 11.5 Å². The van der Waals surface area contributed by atoms with E-state index < -0.39 is 6.36 Å². The Labute approximate surface area is 151 Å². The topological polar surface area (TPSA) is 53.5 Å². The molecule has 4 nitrogen and oxygen atoms in total. The number of hydrogen-bond acceptors (Lipinski definition) is 4. The molecule has 1 fully saturated rings. The van der Waals surface area contributed by atoms with Crippen molar-refractivity contribution in [2.45, 2.75) is 37.8 Å². The summed E-state index contributed by atoms with van der Waals surface area (Å²) in [4.78, 5) is 0. The second kappa shape index (κ2) is 7.97. The number of alkyl halides is 3. The van der Waals surface area contributed by atoms with Crippen molar-refractivity contribution in [3.05, 3.63) is 59.7 Å². The molecule has 0 radical (unpaired) electrons. The number of aromatic hydroxyl groups is 1. The third-order valence-electron chi connectivity index (χ3n) is 4.46. The SMILES string of the molecule is Oc1ccc(OC(F)(F)F)cc1CN[C@H]1CCCN[C@H]1c1ccccc1.[H-]. The lowest BCUT2D eigenvalue weighted by molar-refractivity contribution is -0.274. The summed E-state index contributed by atoms with van der Waals surface area (Å²) in [7, 11) is 0. The molecular formula is C19H22F3N2O2-. The summed E-state index contributed by atoms with van der Waals surface area (Å²) >= 11 is 0. The first-order valence-corrected chi connectivity index (χ1v) is 8.52. The Hall–Kier alpha value is -2.25. The molecule has 3 rings (SSSR count). The highest BCUT2D eigenvalue weighted by Gasteiger charge is 2.31. The smallest absolute Gasteiger partial charge is 0.573 e. The maximum absolute atomic E-state index is 12.4. The Morgan fingerprint density at radius 2 is 1.96 bits per heavy atom. The first-order valence-electron chi connectivity index (χ1n) is 8.52. The van der Waals surface area contributed by atoms with E-state index >= 15 is 0 Å². The molecule has 26 heavy (non-hydrogen) atoms. The minimum absolute atomic E-state index is 0. The predicted molar refractivity (Wildman–Crippen MR) is 92.9 cm³/mol. The molecule has 1 aliphatic heterocycles. The zero-order valence-electron chi connectivity index (χ0n) is 15.1. The van der Waals surface area contributed by atoms with Gasteiger partial charge in [0.05, 0.1) is 0 Å². The van der Waals surface area contributed by atoms with Gasteiger partial charge in [0, 0.05) is 24.2 Å². The average molecular weight is 367 g/mol. The van der Waals surface area contributed by atoms with Gasteiger partial charge in [-0.05, 0) is 43.1 Å². The first kappa shape index (κ1) is 18.5. The molecule has 2 aromatic rings. The van der Waals surface area contributed by atoms with Gasteiger partial charge >= 0.3 is 6.36 Å². The van der Waals surface area contributed by atoms with Crippen molar-refractivity contribution >= 4 is 0 Å². The van der Waals surface area contributed by atoms with Crippen molar-refractivity contribution < 1.29 is 24.4 Å². The number of halogens is 3. The largest absolute Gasteiger partial charge is 1.00 e. The molecule has 7 heteroatoms. The molecule has 0 aliphatic carbocycles. The number of piperidine rings is 1. The standard InChI is InChI=1S/C19H21F3N2O2.H/c20-19(21,22)26-15-8-9-17(25)14(11-15)12-24-16-7-4-10-23-18(16)13-5-2-1-3-6-13;/h1-3,5-6,8-9,11,16,18,23-25H,4,7,10,12H2;/q;-1/t16-,18-;/m0./s1. The maximum atomic E-state index is 12.4. The molecule has 1 heterocycles. The average Bonchev–Trinajstić information content (AvgIpc) is 2.62. The molecule has 1 aliphatic rings. The number of benzene rings is 2. The lowest BCUT2D eigenvalue weighted by Gasteiger charge is -2.34. The predicted octanol–water partition coefficient (Wildman–Crippen LogP) is 3.99. The summed E-state index contributed by atoms with van der Waals surface area (Å²) in [6, 6.07) is 13.8. The molecule has 0 unspecified atom stereocenters. The monoisotopic (exact) mass is 367 g/mol. The van der Waals surface area contributed by atoms with Gasteiger partial charge in [0.25, 0.3) is 0 Å². The molecule has 3 N–H and O–H groups in total. The van der Waals surface area contributed by atoms with Crippen LogP contribution in [0.5, 0.6) is 11.5 Å². The van der Waals surface area contributed by atoms with Crippen molar-refractivity contribution in [1.82, 2.24) is 10.6 Å². The van der Waals surface area contributed by atoms with Gasteiger partial charge in [-0.3, -0.25) is 0 Å². The Bertz CT molecular complexity index is 729. The summed E-state index contributed by atoms with van der Waals surface area (Å²) in [5, 5.41) is 16.8. The normalized spacial score (nSPS) is 20.7. The number of phenols is 1. The third kappa shape index (κ3) is 4.89. The molecule has 2 aromatic carbocycles. The van der Waals surface area contributed by atoms with E-state index in [1.54, 1.807) is 0 Å². The van der Waals surface area contributed by atoms with Crippen LogP contribution < -0.4 is 15.4 Å². The van der Waals surface area contributed by atoms with Gasteiger partial charge in [-0.15, -0.1) is 13.2 Å². The van der Waals surface area contributed by atoms with Gasteiger partial charge in [0.15, 0.2) is 0 Å². The van der Waals surface area contributed by atoms with Gasteiger partial charge < -0.3 is 21.9 Å². The van der Waals surface area contributed by atoms with E-state index in [0.717, 1.165) is 31.0 Å². The molecule has 0 amide bonds. The number of hydrogen-bond donors (Lipinski definition) is 3. The minimum Gasteiger partial charge on any atom is -1.00 e. The van der Waals surface area contributed by atoms with E-state index in [2.05, 4.69) is 15.4 Å². The van der Waals surface area contributed by atoms with Crippen LogP contribution in [0.3, 0.4) is 0 Å². The van der Waals surface area contributed by atoms with Crippen molar-refractivity contribution in [3.63, 3.8) is 0 Å². The van der Waals surface area contributed by atoms with Crippen LogP contribution >= 0.6 is 0 Å². The zero-order valence-corrected chi connectivity index (χ0v) is 14.1. The quantitative estimate of drug-likeness (QED) is 0.748. The summed E-state index contributed by atoms with van der Waals surface area (Å²) in [5.74, 6) is -0.402. The highest BCUT2D eigenvalue weighted by atomic mass is 19.4. The van der Waals surface area contributed by atoms with Crippen LogP contribution in [0.4, 0.5) is 13.2 Å². The fraction of sp³-hybridized carbons (Fsp3) is 0.368. The molecule has 0 aromatic heterocycles. The van der Waals surface area contributed by atoms with Crippen LogP contribution in [0.15, 0.2) is 48.5 Å². The van der Waals surface area contributed by atoms with Gasteiger partial charge in [0.2, 0.25) is 0 Å². The Kier molecular flexibility index (Phi) is 5.68. The molecule has 0 bridgehead atoms. The van der Waals surface area contributed by atoms with Gasteiger partial charge in [-0.25, -0.2) is 0 Å². The molecule has 2 atom stereocenters. The lowest BCUT2D eigenvalue weighted by atomic mass is 9.92. The highest BCUT2D eigenvalue weighted by Crippen LogP contribution is 2.29. The minimum atomic E-state index is -4.76. The Balaban J connectivity index is 0.00000261. The van der Waals surface area contributed by atoms with Gasteiger partial charge in [-0.2, -0.15) is 0 Å². The molecular weight excluding hydrogens is 345 g/mol. The number of rotatable bonds is 5. The van der Waals surface area contributed by atoms with Gasteiger partial charge in [-0.1, -0.05) is 30.3 Å². The van der Waals surface area contributed by atoms with E-state index in [9.17, 15) is 18.3 Å². The first-order chi connectivity index (χ1) is 12.4. The second-order valence-electron chi connectivity index (χ2n) is 6.31. The summed E-state index contributed by atoms with van der Waals surface area (Å²) in [6.07, 6.45) is -2.82. The van der Waals surface area contributed by atoms with Crippen LogP contribution in [0.1, 0.15) is 31.4 Å². The van der Waals surface area contributed by atoms with E-state index in [1.807, 2.05) is 30.3 Å². The van der Waals surface area contributed by atoms with Crippen LogP contribution in [0.25, 0.3) is 0 Å². The van der Waals surface area contributed by atoms with E-state index in [1.165, 1.54) is 12.1 Å². The summed E-state index contributed by atoms with van der Waals surface area (Å²) in [5.41, 5.74) is 1.52. The van der Waals surface area contributed by atoms with Crippen LogP contribution in [-0.4, -0.2) is 24.1 Å². The Morgan fingerprint density at radius 1 is 1.19 bits per heavy atom. The molecule has 142 valence electrons. The fourth-order valence-electron chi connectivity index (χ4n) is 3.26. The van der Waals surface area contributed by atoms with Crippen molar-refractivity contribution in [1.29, 1.82) is 0 Å². The fourth-order valence-corrected chi connectivity index (χ4v) is 3.26. The van der Waals surface area contributed by atoms with Crippen molar-refractivity contribution in [2.24, 2.45) is 0 Å².